The van der Waals surface area contributed by atoms with E-state index in [0.29, 0.717) is 12.2 Å². The molecule has 2 aromatic rings. The SMILES string of the molecule is O=C1CC12c1ccccc1-c1ccccc12. The molecular formula is C15H10O. The number of ketones is 1. The number of hydrogen-bond donors (Lipinski definition) is 0. The standard InChI is InChI=1S/C15H10O/c16-14-9-15(14)12-7-3-1-5-10(12)11-6-2-4-8-13(11)15/h1-8H,9H2. The van der Waals surface area contributed by atoms with Gasteiger partial charge in [-0.2, -0.15) is 0 Å². The van der Waals surface area contributed by atoms with Gasteiger partial charge in [0.1, 0.15) is 5.78 Å². The number of rotatable bonds is 0. The van der Waals surface area contributed by atoms with E-state index in [1.165, 1.54) is 22.3 Å². The Morgan fingerprint density at radius 3 is 1.69 bits per heavy atom. The average Bonchev–Trinajstić information content (AvgIpc) is 2.93. The molecule has 2 aliphatic carbocycles. The summed E-state index contributed by atoms with van der Waals surface area (Å²) in [5.74, 6) is 0.366. The summed E-state index contributed by atoms with van der Waals surface area (Å²) in [5.41, 5.74) is 4.63. The van der Waals surface area contributed by atoms with Crippen molar-refractivity contribution < 1.29 is 4.79 Å². The van der Waals surface area contributed by atoms with Crippen molar-refractivity contribution in [2.75, 3.05) is 0 Å². The van der Waals surface area contributed by atoms with Crippen LogP contribution in [0.1, 0.15) is 17.5 Å². The summed E-state index contributed by atoms with van der Waals surface area (Å²) in [5, 5.41) is 0. The molecular weight excluding hydrogens is 196 g/mol. The summed E-state index contributed by atoms with van der Waals surface area (Å²) >= 11 is 0. The van der Waals surface area contributed by atoms with Crippen molar-refractivity contribution in [1.29, 1.82) is 0 Å². The second kappa shape index (κ2) is 2.43. The van der Waals surface area contributed by atoms with Crippen molar-refractivity contribution in [1.82, 2.24) is 0 Å². The van der Waals surface area contributed by atoms with Gasteiger partial charge in [0, 0.05) is 6.42 Å². The van der Waals surface area contributed by atoms with Gasteiger partial charge in [0.25, 0.3) is 0 Å². The highest BCUT2D eigenvalue weighted by molar-refractivity contribution is 6.15. The first-order chi connectivity index (χ1) is 7.84. The monoisotopic (exact) mass is 206 g/mol. The maximum absolute atomic E-state index is 11.8. The normalized spacial score (nSPS) is 18.4. The summed E-state index contributed by atoms with van der Waals surface area (Å²) in [6.45, 7) is 0. The number of benzene rings is 2. The van der Waals surface area contributed by atoms with Gasteiger partial charge in [-0.3, -0.25) is 4.79 Å². The van der Waals surface area contributed by atoms with Gasteiger partial charge < -0.3 is 0 Å². The minimum atomic E-state index is -0.271. The highest BCUT2D eigenvalue weighted by Gasteiger charge is 2.60. The Morgan fingerprint density at radius 2 is 1.25 bits per heavy atom. The Hall–Kier alpha value is -1.89. The molecule has 0 amide bonds. The molecule has 0 atom stereocenters. The molecule has 0 aliphatic heterocycles. The van der Waals surface area contributed by atoms with E-state index >= 15 is 0 Å². The minimum absolute atomic E-state index is 0.271. The topological polar surface area (TPSA) is 17.1 Å². The predicted molar refractivity (Wildman–Crippen MR) is 62.3 cm³/mol. The van der Waals surface area contributed by atoms with E-state index in [4.69, 9.17) is 0 Å². The van der Waals surface area contributed by atoms with Crippen molar-refractivity contribution in [3.8, 4) is 11.1 Å². The molecule has 1 spiro atoms. The molecule has 2 aromatic carbocycles. The molecule has 16 heavy (non-hydrogen) atoms. The number of fused-ring (bicyclic) bond motifs is 5. The van der Waals surface area contributed by atoms with Gasteiger partial charge in [-0.15, -0.1) is 0 Å². The fourth-order valence-electron chi connectivity index (χ4n) is 3.01. The van der Waals surface area contributed by atoms with Crippen LogP contribution in [0, 0.1) is 0 Å². The lowest BCUT2D eigenvalue weighted by Crippen LogP contribution is -2.07. The van der Waals surface area contributed by atoms with E-state index in [-0.39, 0.29) is 5.41 Å². The van der Waals surface area contributed by atoms with Gasteiger partial charge >= 0.3 is 0 Å². The van der Waals surface area contributed by atoms with Crippen LogP contribution >= 0.6 is 0 Å². The second-order valence-corrected chi connectivity index (χ2v) is 4.60. The molecule has 1 fully saturated rings. The molecule has 4 rings (SSSR count). The maximum atomic E-state index is 11.8. The summed E-state index contributed by atoms with van der Waals surface area (Å²) in [4.78, 5) is 11.8. The van der Waals surface area contributed by atoms with Gasteiger partial charge in [0.15, 0.2) is 0 Å². The molecule has 76 valence electrons. The highest BCUT2D eigenvalue weighted by Crippen LogP contribution is 2.59. The lowest BCUT2D eigenvalue weighted by Gasteiger charge is -2.06. The van der Waals surface area contributed by atoms with Crippen molar-refractivity contribution in [2.24, 2.45) is 0 Å². The first-order valence-corrected chi connectivity index (χ1v) is 5.57. The quantitative estimate of drug-likeness (QED) is 0.647. The third-order valence-electron chi connectivity index (χ3n) is 3.84. The van der Waals surface area contributed by atoms with Crippen LogP contribution in [0.2, 0.25) is 0 Å². The van der Waals surface area contributed by atoms with Crippen LogP contribution in [0.5, 0.6) is 0 Å². The molecule has 0 N–H and O–H groups in total. The molecule has 0 aromatic heterocycles. The third-order valence-corrected chi connectivity index (χ3v) is 3.84. The summed E-state index contributed by atoms with van der Waals surface area (Å²) in [6, 6.07) is 16.6. The molecule has 0 saturated heterocycles. The Bertz CT molecular complexity index is 579. The number of Topliss-reactive ketones (excluding diaryl/α,β-unsaturated/α-hetero) is 1. The van der Waals surface area contributed by atoms with Crippen LogP contribution in [0.3, 0.4) is 0 Å². The molecule has 1 nitrogen and oxygen atoms in total. The van der Waals surface area contributed by atoms with Crippen molar-refractivity contribution in [2.45, 2.75) is 11.8 Å². The van der Waals surface area contributed by atoms with Crippen LogP contribution in [0.4, 0.5) is 0 Å². The molecule has 0 radical (unpaired) electrons. The molecule has 0 unspecified atom stereocenters. The van der Waals surface area contributed by atoms with E-state index in [9.17, 15) is 4.79 Å². The molecule has 1 saturated carbocycles. The van der Waals surface area contributed by atoms with Crippen LogP contribution in [-0.2, 0) is 10.2 Å². The fourth-order valence-corrected chi connectivity index (χ4v) is 3.01. The predicted octanol–water partition coefficient (Wildman–Crippen LogP) is 2.93. The van der Waals surface area contributed by atoms with Crippen LogP contribution < -0.4 is 0 Å². The van der Waals surface area contributed by atoms with Gasteiger partial charge in [0.05, 0.1) is 5.41 Å². The first kappa shape index (κ1) is 8.28. The fraction of sp³-hybridized carbons (Fsp3) is 0.133. The van der Waals surface area contributed by atoms with Gasteiger partial charge in [-0.1, -0.05) is 48.5 Å². The zero-order valence-corrected chi connectivity index (χ0v) is 8.73. The summed E-state index contributed by atoms with van der Waals surface area (Å²) in [7, 11) is 0. The van der Waals surface area contributed by atoms with Crippen molar-refractivity contribution in [3.63, 3.8) is 0 Å². The number of carbonyl (C=O) groups is 1. The van der Waals surface area contributed by atoms with Crippen molar-refractivity contribution >= 4 is 5.78 Å². The Morgan fingerprint density at radius 1 is 0.812 bits per heavy atom. The maximum Gasteiger partial charge on any atom is 0.149 e. The Labute approximate surface area is 93.7 Å². The third kappa shape index (κ3) is 0.735. The Balaban J connectivity index is 2.16. The smallest absolute Gasteiger partial charge is 0.149 e. The second-order valence-electron chi connectivity index (χ2n) is 4.60. The lowest BCUT2D eigenvalue weighted by atomic mass is 9.94. The van der Waals surface area contributed by atoms with E-state index < -0.39 is 0 Å². The van der Waals surface area contributed by atoms with Gasteiger partial charge in [0.2, 0.25) is 0 Å². The molecule has 0 bridgehead atoms. The highest BCUT2D eigenvalue weighted by atomic mass is 16.1. The van der Waals surface area contributed by atoms with Crippen LogP contribution in [0.25, 0.3) is 11.1 Å². The van der Waals surface area contributed by atoms with Gasteiger partial charge in [-0.05, 0) is 22.3 Å². The lowest BCUT2D eigenvalue weighted by molar-refractivity contribution is -0.111. The summed E-state index contributed by atoms with van der Waals surface area (Å²) in [6.07, 6.45) is 0.682. The van der Waals surface area contributed by atoms with Gasteiger partial charge in [-0.25, -0.2) is 0 Å². The zero-order valence-electron chi connectivity index (χ0n) is 8.73. The van der Waals surface area contributed by atoms with Crippen LogP contribution in [-0.4, -0.2) is 5.78 Å². The van der Waals surface area contributed by atoms with Crippen LogP contribution in [0.15, 0.2) is 48.5 Å². The first-order valence-electron chi connectivity index (χ1n) is 5.57. The zero-order chi connectivity index (χ0) is 10.8. The number of hydrogen-bond acceptors (Lipinski definition) is 1. The van der Waals surface area contributed by atoms with E-state index in [1.807, 2.05) is 24.3 Å². The van der Waals surface area contributed by atoms with E-state index in [1.54, 1.807) is 0 Å². The molecule has 0 heterocycles. The van der Waals surface area contributed by atoms with E-state index in [2.05, 4.69) is 24.3 Å². The average molecular weight is 206 g/mol. The summed E-state index contributed by atoms with van der Waals surface area (Å²) < 4.78 is 0. The molecule has 2 aliphatic rings. The largest absolute Gasteiger partial charge is 0.298 e. The Kier molecular flexibility index (Phi) is 1.26. The minimum Gasteiger partial charge on any atom is -0.298 e. The number of carbonyl (C=O) groups excluding carboxylic acids is 1. The van der Waals surface area contributed by atoms with E-state index in [0.717, 1.165) is 0 Å². The van der Waals surface area contributed by atoms with Crippen molar-refractivity contribution in [3.05, 3.63) is 59.7 Å². The molecule has 1 heteroatoms.